The van der Waals surface area contributed by atoms with Gasteiger partial charge in [-0.05, 0) is 31.5 Å². The largest absolute Gasteiger partial charge is 0.463 e. The summed E-state index contributed by atoms with van der Waals surface area (Å²) >= 11 is 0. The van der Waals surface area contributed by atoms with Crippen LogP contribution >= 0.6 is 0 Å². The quantitative estimate of drug-likeness (QED) is 0.664. The maximum atomic E-state index is 11.7. The molecule has 0 fully saturated rings. The maximum absolute atomic E-state index is 11.7. The van der Waals surface area contributed by atoms with Crippen LogP contribution in [0.1, 0.15) is 18.1 Å². The Morgan fingerprint density at radius 3 is 2.38 bits per heavy atom. The van der Waals surface area contributed by atoms with Crippen LogP contribution in [0, 0.1) is 6.92 Å². The second-order valence-electron chi connectivity index (χ2n) is 4.67. The van der Waals surface area contributed by atoms with Crippen LogP contribution < -0.4 is 5.32 Å². The molecule has 1 N–H and O–H groups in total. The molecule has 0 spiro atoms. The molecule has 21 heavy (non-hydrogen) atoms. The first-order valence-electron chi connectivity index (χ1n) is 6.96. The van der Waals surface area contributed by atoms with Crippen LogP contribution in [0.4, 0.5) is 5.69 Å². The summed E-state index contributed by atoms with van der Waals surface area (Å²) in [6, 6.07) is 17.7. The Balaban J connectivity index is 2.30. The Morgan fingerprint density at radius 1 is 1.10 bits per heavy atom. The average molecular weight is 281 g/mol. The van der Waals surface area contributed by atoms with Crippen LogP contribution in [-0.2, 0) is 9.53 Å². The van der Waals surface area contributed by atoms with Crippen LogP contribution in [0.2, 0.25) is 0 Å². The molecule has 0 bridgehead atoms. The number of carbonyl (C=O) groups is 1. The van der Waals surface area contributed by atoms with Crippen molar-refractivity contribution in [2.45, 2.75) is 13.8 Å². The van der Waals surface area contributed by atoms with E-state index in [1.807, 2.05) is 61.5 Å². The van der Waals surface area contributed by atoms with Crippen molar-refractivity contribution in [2.75, 3.05) is 11.9 Å². The van der Waals surface area contributed by atoms with Gasteiger partial charge >= 0.3 is 5.97 Å². The zero-order chi connectivity index (χ0) is 15.1. The Labute approximate surface area is 125 Å². The first kappa shape index (κ1) is 14.9. The monoisotopic (exact) mass is 281 g/mol. The molecule has 2 aromatic rings. The van der Waals surface area contributed by atoms with Gasteiger partial charge in [0.2, 0.25) is 0 Å². The molecule has 0 saturated carbocycles. The summed E-state index contributed by atoms with van der Waals surface area (Å²) in [5.41, 5.74) is 3.76. The Bertz CT molecular complexity index is 615. The molecule has 3 nitrogen and oxygen atoms in total. The lowest BCUT2D eigenvalue weighted by Gasteiger charge is -2.12. The molecule has 0 aromatic heterocycles. The number of rotatable bonds is 5. The molecule has 0 unspecified atom stereocenters. The van der Waals surface area contributed by atoms with Crippen LogP contribution in [-0.4, -0.2) is 12.6 Å². The second-order valence-corrected chi connectivity index (χ2v) is 4.67. The molecule has 0 amide bonds. The molecule has 0 saturated heterocycles. The minimum Gasteiger partial charge on any atom is -0.463 e. The van der Waals surface area contributed by atoms with Crippen LogP contribution in [0.5, 0.6) is 0 Å². The first-order chi connectivity index (χ1) is 10.2. The third-order valence-electron chi connectivity index (χ3n) is 2.96. The maximum Gasteiger partial charge on any atom is 0.332 e. The fourth-order valence-electron chi connectivity index (χ4n) is 1.90. The molecule has 0 radical (unpaired) electrons. The van der Waals surface area contributed by atoms with Crippen molar-refractivity contribution in [3.8, 4) is 0 Å². The van der Waals surface area contributed by atoms with Crippen LogP contribution in [0.3, 0.4) is 0 Å². The summed E-state index contributed by atoms with van der Waals surface area (Å²) in [5, 5.41) is 3.26. The minimum absolute atomic E-state index is 0.350. The van der Waals surface area contributed by atoms with Gasteiger partial charge in [-0.25, -0.2) is 4.79 Å². The van der Waals surface area contributed by atoms with Gasteiger partial charge in [0.05, 0.1) is 12.3 Å². The number of esters is 1. The second kappa shape index (κ2) is 7.29. The number of nitrogens with one attached hydrogen (secondary N) is 1. The van der Waals surface area contributed by atoms with Gasteiger partial charge in [0.25, 0.3) is 0 Å². The molecule has 3 heteroatoms. The number of hydrogen-bond acceptors (Lipinski definition) is 3. The van der Waals surface area contributed by atoms with Gasteiger partial charge in [-0.3, -0.25) is 0 Å². The van der Waals surface area contributed by atoms with Crippen molar-refractivity contribution in [1.29, 1.82) is 0 Å². The molecule has 108 valence electrons. The standard InChI is InChI=1S/C18H19NO2/c1-3-21-18(20)13-17(15-11-9-14(2)10-12-15)19-16-7-5-4-6-8-16/h4-13,19H,3H2,1-2H3/b17-13-. The van der Waals surface area contributed by atoms with E-state index in [-0.39, 0.29) is 5.97 Å². The summed E-state index contributed by atoms with van der Waals surface area (Å²) in [6.07, 6.45) is 1.49. The van der Waals surface area contributed by atoms with Gasteiger partial charge in [0.1, 0.15) is 0 Å². The zero-order valence-electron chi connectivity index (χ0n) is 12.3. The summed E-state index contributed by atoms with van der Waals surface area (Å²) in [4.78, 5) is 11.7. The highest BCUT2D eigenvalue weighted by molar-refractivity contribution is 5.94. The van der Waals surface area contributed by atoms with E-state index >= 15 is 0 Å². The summed E-state index contributed by atoms with van der Waals surface area (Å²) in [5.74, 6) is -0.350. The lowest BCUT2D eigenvalue weighted by molar-refractivity contribution is -0.137. The van der Waals surface area contributed by atoms with Gasteiger partial charge < -0.3 is 10.1 Å². The zero-order valence-corrected chi connectivity index (χ0v) is 12.3. The van der Waals surface area contributed by atoms with Crippen molar-refractivity contribution >= 4 is 17.4 Å². The molecular weight excluding hydrogens is 262 g/mol. The molecule has 0 atom stereocenters. The van der Waals surface area contributed by atoms with Gasteiger partial charge in [0.15, 0.2) is 0 Å². The normalized spacial score (nSPS) is 11.0. The summed E-state index contributed by atoms with van der Waals surface area (Å²) in [6.45, 7) is 4.19. The van der Waals surface area contributed by atoms with E-state index in [0.717, 1.165) is 16.9 Å². The first-order valence-corrected chi connectivity index (χ1v) is 6.96. The number of carbonyl (C=O) groups excluding carboxylic acids is 1. The van der Waals surface area contributed by atoms with Crippen LogP contribution in [0.15, 0.2) is 60.7 Å². The number of anilines is 1. The lowest BCUT2D eigenvalue weighted by Crippen LogP contribution is -2.05. The predicted octanol–water partition coefficient (Wildman–Crippen LogP) is 4.01. The molecule has 0 heterocycles. The summed E-state index contributed by atoms with van der Waals surface area (Å²) in [7, 11) is 0. The Hall–Kier alpha value is -2.55. The third-order valence-corrected chi connectivity index (χ3v) is 2.96. The molecule has 0 aliphatic heterocycles. The van der Waals surface area contributed by atoms with E-state index in [1.54, 1.807) is 6.92 Å². The van der Waals surface area contributed by atoms with E-state index in [4.69, 9.17) is 4.74 Å². The Kier molecular flexibility index (Phi) is 5.16. The average Bonchev–Trinajstić information content (AvgIpc) is 2.49. The number of hydrogen-bond donors (Lipinski definition) is 1. The fourth-order valence-corrected chi connectivity index (χ4v) is 1.90. The molecule has 2 rings (SSSR count). The fraction of sp³-hybridized carbons (Fsp3) is 0.167. The predicted molar refractivity (Wildman–Crippen MR) is 85.9 cm³/mol. The van der Waals surface area contributed by atoms with Crippen molar-refractivity contribution < 1.29 is 9.53 Å². The van der Waals surface area contributed by atoms with Gasteiger partial charge in [-0.1, -0.05) is 48.0 Å². The lowest BCUT2D eigenvalue weighted by atomic mass is 10.1. The number of ether oxygens (including phenoxy) is 1. The Morgan fingerprint density at radius 2 is 1.76 bits per heavy atom. The van der Waals surface area contributed by atoms with Crippen molar-refractivity contribution in [2.24, 2.45) is 0 Å². The van der Waals surface area contributed by atoms with E-state index in [9.17, 15) is 4.79 Å². The van der Waals surface area contributed by atoms with E-state index < -0.39 is 0 Å². The van der Waals surface area contributed by atoms with Crippen molar-refractivity contribution in [1.82, 2.24) is 0 Å². The summed E-state index contributed by atoms with van der Waals surface area (Å²) < 4.78 is 5.00. The minimum atomic E-state index is -0.350. The van der Waals surface area contributed by atoms with Crippen molar-refractivity contribution in [3.63, 3.8) is 0 Å². The van der Waals surface area contributed by atoms with Crippen molar-refractivity contribution in [3.05, 3.63) is 71.8 Å². The number of para-hydroxylation sites is 1. The highest BCUT2D eigenvalue weighted by Crippen LogP contribution is 2.19. The van der Waals surface area contributed by atoms with E-state index in [1.165, 1.54) is 11.6 Å². The van der Waals surface area contributed by atoms with Crippen LogP contribution in [0.25, 0.3) is 5.70 Å². The number of benzene rings is 2. The van der Waals surface area contributed by atoms with Gasteiger partial charge in [-0.2, -0.15) is 0 Å². The molecule has 2 aromatic carbocycles. The highest BCUT2D eigenvalue weighted by Gasteiger charge is 2.06. The number of aryl methyl sites for hydroxylation is 1. The molecular formula is C18H19NO2. The van der Waals surface area contributed by atoms with Gasteiger partial charge in [0, 0.05) is 11.8 Å². The third kappa shape index (κ3) is 4.49. The van der Waals surface area contributed by atoms with E-state index in [2.05, 4.69) is 5.32 Å². The molecule has 0 aliphatic carbocycles. The SMILES string of the molecule is CCOC(=O)/C=C(\Nc1ccccc1)c1ccc(C)cc1. The van der Waals surface area contributed by atoms with Gasteiger partial charge in [-0.15, -0.1) is 0 Å². The topological polar surface area (TPSA) is 38.3 Å². The highest BCUT2D eigenvalue weighted by atomic mass is 16.5. The van der Waals surface area contributed by atoms with E-state index in [0.29, 0.717) is 6.61 Å². The molecule has 0 aliphatic rings. The smallest absolute Gasteiger partial charge is 0.332 e.